The third-order valence-corrected chi connectivity index (χ3v) is 5.77. The second-order valence-electron chi connectivity index (χ2n) is 8.57. The summed E-state index contributed by atoms with van der Waals surface area (Å²) in [5.74, 6) is 0.0135. The molecule has 2 rings (SSSR count). The molecular formula is C30H42O13. The van der Waals surface area contributed by atoms with Gasteiger partial charge in [0.1, 0.15) is 6.61 Å². The zero-order valence-electron chi connectivity index (χ0n) is 25.2. The van der Waals surface area contributed by atoms with E-state index in [4.69, 9.17) is 52.5 Å². The van der Waals surface area contributed by atoms with Crippen LogP contribution in [-0.2, 0) is 23.7 Å². The average molecular weight is 611 g/mol. The largest absolute Gasteiger partial charge is 0.493 e. The molecule has 13 heteroatoms. The van der Waals surface area contributed by atoms with Crippen molar-refractivity contribution in [2.45, 2.75) is 0 Å². The zero-order chi connectivity index (χ0) is 31.3. The van der Waals surface area contributed by atoms with Crippen LogP contribution in [0.25, 0.3) is 0 Å². The number of aliphatic hydroxyl groups excluding tert-OH is 1. The summed E-state index contributed by atoms with van der Waals surface area (Å²) in [4.78, 5) is 26.1. The molecule has 0 unspecified atom stereocenters. The van der Waals surface area contributed by atoms with Gasteiger partial charge in [0.15, 0.2) is 23.0 Å². The molecule has 0 heterocycles. The van der Waals surface area contributed by atoms with Crippen molar-refractivity contribution in [3.63, 3.8) is 0 Å². The van der Waals surface area contributed by atoms with Crippen LogP contribution in [0.2, 0.25) is 0 Å². The quantitative estimate of drug-likeness (QED) is 0.0997. The van der Waals surface area contributed by atoms with Crippen LogP contribution in [0.15, 0.2) is 30.3 Å². The molecule has 0 saturated heterocycles. The number of hydrogen-bond acceptors (Lipinski definition) is 13. The highest BCUT2D eigenvalue weighted by Crippen LogP contribution is 2.39. The first-order chi connectivity index (χ1) is 21.0. The van der Waals surface area contributed by atoms with Gasteiger partial charge >= 0.3 is 0 Å². The number of ether oxygens (including phenoxy) is 10. The van der Waals surface area contributed by atoms with Crippen molar-refractivity contribution in [3.05, 3.63) is 41.5 Å². The summed E-state index contributed by atoms with van der Waals surface area (Å²) in [7, 11) is 5.79. The van der Waals surface area contributed by atoms with E-state index < -0.39 is 11.6 Å². The van der Waals surface area contributed by atoms with Crippen molar-refractivity contribution in [3.8, 4) is 28.7 Å². The van der Waals surface area contributed by atoms with Gasteiger partial charge in [-0.2, -0.15) is 0 Å². The molecule has 1 N–H and O–H groups in total. The Hall–Kier alpha value is -3.46. The van der Waals surface area contributed by atoms with Gasteiger partial charge in [-0.1, -0.05) is 0 Å². The molecule has 0 radical (unpaired) electrons. The molecule has 0 amide bonds. The Balaban J connectivity index is 1.76. The van der Waals surface area contributed by atoms with Gasteiger partial charge in [-0.3, -0.25) is 9.59 Å². The van der Waals surface area contributed by atoms with Crippen LogP contribution in [0, 0.1) is 0 Å². The second kappa shape index (κ2) is 21.3. The Bertz CT molecular complexity index is 1110. The molecular weight excluding hydrogens is 568 g/mol. The van der Waals surface area contributed by atoms with Gasteiger partial charge in [-0.05, 0) is 30.3 Å². The monoisotopic (exact) mass is 610 g/mol. The third kappa shape index (κ3) is 12.4. The number of aliphatic hydroxyl groups is 1. The van der Waals surface area contributed by atoms with Crippen LogP contribution < -0.4 is 23.7 Å². The number of carbonyl (C=O) groups is 2. The van der Waals surface area contributed by atoms with Gasteiger partial charge < -0.3 is 52.5 Å². The summed E-state index contributed by atoms with van der Waals surface area (Å²) in [6.07, 6.45) is 0. The minimum absolute atomic E-state index is 0.00122. The lowest BCUT2D eigenvalue weighted by atomic mass is 10.0. The molecule has 13 nitrogen and oxygen atoms in total. The highest BCUT2D eigenvalue weighted by atomic mass is 16.6. The highest BCUT2D eigenvalue weighted by Gasteiger charge is 2.24. The molecule has 0 fully saturated rings. The Labute approximate surface area is 251 Å². The molecule has 0 bridgehead atoms. The third-order valence-electron chi connectivity index (χ3n) is 5.77. The summed E-state index contributed by atoms with van der Waals surface area (Å²) in [6.45, 7) is 4.05. The van der Waals surface area contributed by atoms with Crippen molar-refractivity contribution in [2.24, 2.45) is 0 Å². The van der Waals surface area contributed by atoms with E-state index in [1.807, 2.05) is 0 Å². The standard InChI is InChI=1S/C30H42O13/c1-34-24-6-5-22(19-25(24)35-2)28(32)29(33)23-20-26(36-3)30(37-4)27(21-23)43-18-17-42-16-15-41-14-13-40-12-11-39-10-9-38-8-7-31/h5-6,19-21,31H,7-18H2,1-4H3. The first-order valence-corrected chi connectivity index (χ1v) is 13.7. The normalized spacial score (nSPS) is 10.8. The van der Waals surface area contributed by atoms with Crippen LogP contribution >= 0.6 is 0 Å². The lowest BCUT2D eigenvalue weighted by Crippen LogP contribution is -2.16. The lowest BCUT2D eigenvalue weighted by Gasteiger charge is -2.15. The molecule has 2 aromatic carbocycles. The topological polar surface area (TPSA) is 147 Å². The van der Waals surface area contributed by atoms with E-state index in [0.717, 1.165) is 0 Å². The predicted octanol–water partition coefficient (Wildman–Crippen LogP) is 2.24. The molecule has 240 valence electrons. The van der Waals surface area contributed by atoms with E-state index in [9.17, 15) is 9.59 Å². The zero-order valence-corrected chi connectivity index (χ0v) is 25.2. The van der Waals surface area contributed by atoms with Crippen molar-refractivity contribution in [2.75, 3.05) is 108 Å². The Morgan fingerprint density at radius 3 is 1.44 bits per heavy atom. The van der Waals surface area contributed by atoms with E-state index in [-0.39, 0.29) is 48.2 Å². The van der Waals surface area contributed by atoms with Crippen molar-refractivity contribution in [1.29, 1.82) is 0 Å². The number of hydrogen-bond donors (Lipinski definition) is 1. The highest BCUT2D eigenvalue weighted by molar-refractivity contribution is 6.49. The van der Waals surface area contributed by atoms with E-state index in [1.54, 1.807) is 6.07 Å². The first kappa shape index (κ1) is 35.7. The lowest BCUT2D eigenvalue weighted by molar-refractivity contribution is -0.0147. The van der Waals surface area contributed by atoms with Gasteiger partial charge in [0.25, 0.3) is 0 Å². The maximum absolute atomic E-state index is 13.1. The SMILES string of the molecule is COc1ccc(C(=O)C(=O)c2cc(OC)c(OC)c(OCCOCCOCCOCCOCCOCCO)c2)cc1OC. The van der Waals surface area contributed by atoms with Crippen LogP contribution in [-0.4, -0.2) is 124 Å². The minimum atomic E-state index is -0.758. The summed E-state index contributed by atoms with van der Waals surface area (Å²) in [5, 5.41) is 8.60. The molecule has 0 aliphatic carbocycles. The molecule has 43 heavy (non-hydrogen) atoms. The van der Waals surface area contributed by atoms with Crippen LogP contribution in [0.4, 0.5) is 0 Å². The Morgan fingerprint density at radius 2 is 0.953 bits per heavy atom. The molecule has 0 atom stereocenters. The number of rotatable bonds is 25. The second-order valence-corrected chi connectivity index (χ2v) is 8.57. The van der Waals surface area contributed by atoms with Crippen molar-refractivity contribution < 1.29 is 62.1 Å². The van der Waals surface area contributed by atoms with Crippen molar-refractivity contribution in [1.82, 2.24) is 0 Å². The first-order valence-electron chi connectivity index (χ1n) is 13.7. The number of carbonyl (C=O) groups excluding carboxylic acids is 2. The summed E-state index contributed by atoms with van der Waals surface area (Å²) in [6, 6.07) is 7.35. The minimum Gasteiger partial charge on any atom is -0.493 e. The fourth-order valence-electron chi connectivity index (χ4n) is 3.66. The van der Waals surface area contributed by atoms with Gasteiger partial charge in [-0.25, -0.2) is 0 Å². The summed E-state index contributed by atoms with van der Waals surface area (Å²) in [5.41, 5.74) is 0.218. The fourth-order valence-corrected chi connectivity index (χ4v) is 3.66. The molecule has 0 aliphatic heterocycles. The predicted molar refractivity (Wildman–Crippen MR) is 154 cm³/mol. The Kier molecular flexibility index (Phi) is 17.7. The average Bonchev–Trinajstić information content (AvgIpc) is 3.04. The maximum Gasteiger partial charge on any atom is 0.233 e. The number of methoxy groups -OCH3 is 4. The summed E-state index contributed by atoms with van der Waals surface area (Å²) < 4.78 is 53.9. The van der Waals surface area contributed by atoms with Crippen LogP contribution in [0.1, 0.15) is 20.7 Å². The molecule has 2 aromatic rings. The molecule has 0 aliphatic rings. The van der Waals surface area contributed by atoms with Gasteiger partial charge in [0, 0.05) is 11.1 Å². The molecule has 0 saturated carbocycles. The van der Waals surface area contributed by atoms with Crippen molar-refractivity contribution >= 4 is 11.6 Å². The maximum atomic E-state index is 13.1. The van der Waals surface area contributed by atoms with Crippen LogP contribution in [0.5, 0.6) is 28.7 Å². The number of benzene rings is 2. The van der Waals surface area contributed by atoms with E-state index >= 15 is 0 Å². The Morgan fingerprint density at radius 1 is 0.512 bits per heavy atom. The van der Waals surface area contributed by atoms with Gasteiger partial charge in [0.2, 0.25) is 17.3 Å². The van der Waals surface area contributed by atoms with Gasteiger partial charge in [0.05, 0.1) is 101 Å². The van der Waals surface area contributed by atoms with E-state index in [1.165, 1.54) is 52.7 Å². The van der Waals surface area contributed by atoms with E-state index in [2.05, 4.69) is 0 Å². The fraction of sp³-hybridized carbons (Fsp3) is 0.533. The summed E-state index contributed by atoms with van der Waals surface area (Å²) >= 11 is 0. The smallest absolute Gasteiger partial charge is 0.233 e. The van der Waals surface area contributed by atoms with Gasteiger partial charge in [-0.15, -0.1) is 0 Å². The number of Topliss-reactive ketones (excluding diaryl/α,β-unsaturated/α-hetero) is 2. The number of ketones is 2. The van der Waals surface area contributed by atoms with E-state index in [0.29, 0.717) is 71.0 Å². The van der Waals surface area contributed by atoms with Crippen LogP contribution in [0.3, 0.4) is 0 Å². The molecule has 0 spiro atoms. The molecule has 0 aromatic heterocycles.